The Hall–Kier alpha value is -1.81. The van der Waals surface area contributed by atoms with E-state index in [9.17, 15) is 9.90 Å². The molecule has 0 aliphatic carbocycles. The van der Waals surface area contributed by atoms with Gasteiger partial charge in [-0.15, -0.1) is 11.3 Å². The van der Waals surface area contributed by atoms with E-state index >= 15 is 0 Å². The fourth-order valence-electron chi connectivity index (χ4n) is 2.38. The van der Waals surface area contributed by atoms with Crippen molar-refractivity contribution in [3.63, 3.8) is 0 Å². The number of aliphatic carboxylic acids is 1. The van der Waals surface area contributed by atoms with Gasteiger partial charge in [0.05, 0.1) is 5.57 Å². The number of allylic oxidation sites excluding steroid dienone is 1. The van der Waals surface area contributed by atoms with Crippen LogP contribution in [-0.4, -0.2) is 11.1 Å². The number of hydrogen-bond acceptors (Lipinski definition) is 2. The van der Waals surface area contributed by atoms with Crippen molar-refractivity contribution in [2.45, 2.75) is 6.42 Å². The average Bonchev–Trinajstić information content (AvgIpc) is 2.93. The van der Waals surface area contributed by atoms with E-state index in [4.69, 9.17) is 23.2 Å². The predicted molar refractivity (Wildman–Crippen MR) is 97.6 cm³/mol. The number of carboxylic acid groups (broad SMARTS) is 1. The summed E-state index contributed by atoms with van der Waals surface area (Å²) < 4.78 is 0. The van der Waals surface area contributed by atoms with Gasteiger partial charge in [-0.1, -0.05) is 59.6 Å². The van der Waals surface area contributed by atoms with Crippen LogP contribution < -0.4 is 0 Å². The van der Waals surface area contributed by atoms with Crippen molar-refractivity contribution >= 4 is 56.9 Å². The molecule has 3 aromatic rings. The molecule has 0 fully saturated rings. The first-order valence-electron chi connectivity index (χ1n) is 6.90. The normalized spacial score (nSPS) is 11.8. The maximum Gasteiger partial charge on any atom is 0.336 e. The van der Waals surface area contributed by atoms with E-state index in [2.05, 4.69) is 0 Å². The Morgan fingerprint density at radius 2 is 1.96 bits per heavy atom. The zero-order valence-corrected chi connectivity index (χ0v) is 14.3. The Labute approximate surface area is 147 Å². The molecule has 0 aliphatic rings. The highest BCUT2D eigenvalue weighted by molar-refractivity contribution is 7.13. The van der Waals surface area contributed by atoms with Crippen molar-refractivity contribution in [3.8, 4) is 0 Å². The van der Waals surface area contributed by atoms with Crippen molar-refractivity contribution in [1.82, 2.24) is 0 Å². The average molecular weight is 363 g/mol. The third-order valence-corrected chi connectivity index (χ3v) is 5.16. The van der Waals surface area contributed by atoms with Gasteiger partial charge >= 0.3 is 5.97 Å². The van der Waals surface area contributed by atoms with Gasteiger partial charge in [0.25, 0.3) is 0 Å². The first kappa shape index (κ1) is 16.1. The highest BCUT2D eigenvalue weighted by Gasteiger charge is 2.15. The molecule has 5 heteroatoms. The predicted octanol–water partition coefficient (Wildman–Crippen LogP) is 5.92. The Morgan fingerprint density at radius 1 is 1.17 bits per heavy atom. The maximum atomic E-state index is 11.7. The van der Waals surface area contributed by atoms with Crippen LogP contribution >= 0.6 is 34.5 Å². The molecular weight excluding hydrogens is 351 g/mol. The lowest BCUT2D eigenvalue weighted by atomic mass is 10.1. The molecule has 0 radical (unpaired) electrons. The Bertz CT molecular complexity index is 912. The number of thiophene rings is 1. The van der Waals surface area contributed by atoms with Gasteiger partial charge in [0.2, 0.25) is 0 Å². The second-order valence-corrected chi connectivity index (χ2v) is 6.74. The van der Waals surface area contributed by atoms with Crippen LogP contribution in [0.25, 0.3) is 16.3 Å². The molecule has 2 aromatic carbocycles. The summed E-state index contributed by atoms with van der Waals surface area (Å²) in [4.78, 5) is 12.4. The van der Waals surface area contributed by atoms with E-state index in [-0.39, 0.29) is 0 Å². The third-order valence-electron chi connectivity index (χ3n) is 3.53. The molecule has 1 N–H and O–H groups in total. The standard InChI is InChI=1S/C18H12Cl2O2S/c19-13-7-5-11(16(20)9-13)6-8-15(18(21)22)17-14-4-2-1-3-12(14)10-23-17/h1-5,7-10H,6H2,(H,21,22). The quantitative estimate of drug-likeness (QED) is 0.585. The molecule has 3 rings (SSSR count). The number of carboxylic acids is 1. The van der Waals surface area contributed by atoms with Crippen molar-refractivity contribution in [1.29, 1.82) is 0 Å². The summed E-state index contributed by atoms with van der Waals surface area (Å²) in [6, 6.07) is 13.0. The van der Waals surface area contributed by atoms with Crippen LogP contribution in [0.1, 0.15) is 10.4 Å². The minimum Gasteiger partial charge on any atom is -0.478 e. The largest absolute Gasteiger partial charge is 0.478 e. The molecule has 0 atom stereocenters. The smallest absolute Gasteiger partial charge is 0.336 e. The first-order chi connectivity index (χ1) is 11.1. The van der Waals surface area contributed by atoms with Crippen LogP contribution in [0.4, 0.5) is 0 Å². The summed E-state index contributed by atoms with van der Waals surface area (Å²) in [7, 11) is 0. The monoisotopic (exact) mass is 362 g/mol. The lowest BCUT2D eigenvalue weighted by Crippen LogP contribution is -1.99. The molecule has 0 aliphatic heterocycles. The van der Waals surface area contributed by atoms with Crippen molar-refractivity contribution in [2.75, 3.05) is 0 Å². The summed E-state index contributed by atoms with van der Waals surface area (Å²) in [5.74, 6) is -0.942. The number of fused-ring (bicyclic) bond motifs is 1. The minimum atomic E-state index is -0.942. The number of rotatable bonds is 4. The van der Waals surface area contributed by atoms with Gasteiger partial charge in [-0.25, -0.2) is 4.79 Å². The summed E-state index contributed by atoms with van der Waals surface area (Å²) in [6.45, 7) is 0. The Kier molecular flexibility index (Phi) is 4.71. The molecule has 0 unspecified atom stereocenters. The third kappa shape index (κ3) is 3.42. The fourth-order valence-corrected chi connectivity index (χ4v) is 3.92. The molecule has 1 heterocycles. The van der Waals surface area contributed by atoms with Crippen LogP contribution in [-0.2, 0) is 11.2 Å². The number of carbonyl (C=O) groups is 1. The van der Waals surface area contributed by atoms with Gasteiger partial charge in [-0.3, -0.25) is 0 Å². The lowest BCUT2D eigenvalue weighted by molar-refractivity contribution is -0.130. The number of hydrogen-bond donors (Lipinski definition) is 1. The summed E-state index contributed by atoms with van der Waals surface area (Å²) in [6.07, 6.45) is 2.14. The molecular formula is C18H12Cl2O2S. The first-order valence-corrected chi connectivity index (χ1v) is 8.54. The zero-order valence-electron chi connectivity index (χ0n) is 11.9. The highest BCUT2D eigenvalue weighted by atomic mass is 35.5. The van der Waals surface area contributed by atoms with E-state index in [1.54, 1.807) is 18.2 Å². The molecule has 0 bridgehead atoms. The van der Waals surface area contributed by atoms with Crippen molar-refractivity contribution < 1.29 is 9.90 Å². The fraction of sp³-hybridized carbons (Fsp3) is 0.0556. The van der Waals surface area contributed by atoms with E-state index in [0.29, 0.717) is 22.0 Å². The molecule has 2 nitrogen and oxygen atoms in total. The van der Waals surface area contributed by atoms with Crippen LogP contribution in [0, 0.1) is 0 Å². The Balaban J connectivity index is 2.00. The molecule has 23 heavy (non-hydrogen) atoms. The molecule has 0 amide bonds. The molecule has 0 saturated carbocycles. The second-order valence-electron chi connectivity index (χ2n) is 5.01. The van der Waals surface area contributed by atoms with E-state index in [1.165, 1.54) is 11.3 Å². The van der Waals surface area contributed by atoms with Crippen LogP contribution in [0.3, 0.4) is 0 Å². The minimum absolute atomic E-state index is 0.294. The zero-order chi connectivity index (χ0) is 16.4. The lowest BCUT2D eigenvalue weighted by Gasteiger charge is -2.04. The van der Waals surface area contributed by atoms with Gasteiger partial charge in [0.15, 0.2) is 0 Å². The second kappa shape index (κ2) is 6.75. The molecule has 116 valence electrons. The number of halogens is 2. The highest BCUT2D eigenvalue weighted by Crippen LogP contribution is 2.32. The van der Waals surface area contributed by atoms with Crippen molar-refractivity contribution in [2.24, 2.45) is 0 Å². The Morgan fingerprint density at radius 3 is 2.70 bits per heavy atom. The molecule has 0 saturated heterocycles. The van der Waals surface area contributed by atoms with E-state index in [1.807, 2.05) is 35.7 Å². The SMILES string of the molecule is O=C(O)C(=CCc1ccc(Cl)cc1Cl)c1scc2ccccc12. The topological polar surface area (TPSA) is 37.3 Å². The van der Waals surface area contributed by atoms with Crippen LogP contribution in [0.5, 0.6) is 0 Å². The van der Waals surface area contributed by atoms with Crippen LogP contribution in [0.15, 0.2) is 53.9 Å². The van der Waals surface area contributed by atoms with Gasteiger partial charge in [0.1, 0.15) is 0 Å². The van der Waals surface area contributed by atoms with Crippen molar-refractivity contribution in [3.05, 3.63) is 74.4 Å². The summed E-state index contributed by atoms with van der Waals surface area (Å²) in [5, 5.41) is 14.6. The van der Waals surface area contributed by atoms with Crippen LogP contribution in [0.2, 0.25) is 10.0 Å². The molecule has 0 spiro atoms. The number of benzene rings is 2. The van der Waals surface area contributed by atoms with E-state index in [0.717, 1.165) is 21.2 Å². The van der Waals surface area contributed by atoms with Gasteiger partial charge < -0.3 is 5.11 Å². The van der Waals surface area contributed by atoms with Gasteiger partial charge in [-0.2, -0.15) is 0 Å². The summed E-state index contributed by atoms with van der Waals surface area (Å²) in [5.41, 5.74) is 1.14. The summed E-state index contributed by atoms with van der Waals surface area (Å²) >= 11 is 13.5. The van der Waals surface area contributed by atoms with Gasteiger partial charge in [0, 0.05) is 20.3 Å². The van der Waals surface area contributed by atoms with Gasteiger partial charge in [-0.05, 0) is 34.9 Å². The maximum absolute atomic E-state index is 11.7. The molecule has 1 aromatic heterocycles. The van der Waals surface area contributed by atoms with E-state index < -0.39 is 5.97 Å².